The molecule has 0 spiro atoms. The number of methoxy groups -OCH3 is 1. The van der Waals surface area contributed by atoms with Crippen molar-refractivity contribution in [3.8, 4) is 0 Å². The van der Waals surface area contributed by atoms with Gasteiger partial charge in [0.15, 0.2) is 4.75 Å². The van der Waals surface area contributed by atoms with Crippen molar-refractivity contribution >= 4 is 38.0 Å². The molecule has 0 saturated carbocycles. The predicted molar refractivity (Wildman–Crippen MR) is 105 cm³/mol. The van der Waals surface area contributed by atoms with Crippen molar-refractivity contribution in [2.75, 3.05) is 33.3 Å². The molecule has 1 amide bonds. The molecule has 0 N–H and O–H groups in total. The van der Waals surface area contributed by atoms with Gasteiger partial charge in [-0.2, -0.15) is 0 Å². The number of pyridine rings is 1. The van der Waals surface area contributed by atoms with E-state index in [-0.39, 0.29) is 44.9 Å². The molecule has 0 atom stereocenters. The van der Waals surface area contributed by atoms with Gasteiger partial charge in [-0.15, -0.1) is 0 Å². The first-order chi connectivity index (χ1) is 13.7. The largest absolute Gasteiger partial charge is 0.530 e. The van der Waals surface area contributed by atoms with Gasteiger partial charge in [0.05, 0.1) is 7.11 Å². The van der Waals surface area contributed by atoms with E-state index < -0.39 is 26.8 Å². The maximum atomic E-state index is 13.4. The van der Waals surface area contributed by atoms with Gasteiger partial charge in [0.25, 0.3) is 0 Å². The maximum Gasteiger partial charge on any atom is 0.328 e. The van der Waals surface area contributed by atoms with Crippen molar-refractivity contribution in [3.63, 3.8) is 0 Å². The van der Waals surface area contributed by atoms with E-state index in [0.29, 0.717) is 12.8 Å². The van der Waals surface area contributed by atoms with E-state index in [0.717, 1.165) is 22.2 Å². The fourth-order valence-electron chi connectivity index (χ4n) is 4.07. The Kier molecular flexibility index (Phi) is 6.49. The number of ether oxygens (including phenoxy) is 1. The molecule has 2 fully saturated rings. The minimum absolute atomic E-state index is 0.0874. The van der Waals surface area contributed by atoms with Crippen molar-refractivity contribution in [3.05, 3.63) is 28.5 Å². The minimum Gasteiger partial charge on any atom is -0.530 e. The highest BCUT2D eigenvalue weighted by Gasteiger charge is 2.56. The van der Waals surface area contributed by atoms with Crippen LogP contribution in [-0.2, 0) is 19.6 Å². The van der Waals surface area contributed by atoms with E-state index in [9.17, 15) is 23.1 Å². The highest BCUT2D eigenvalue weighted by Crippen LogP contribution is 2.37. The van der Waals surface area contributed by atoms with Crippen LogP contribution < -0.4 is 5.11 Å². The SMILES string of the molecule is COC(=O)C1(S(=O)(=O)N2CCC(c3ccc(Br)cn3)CC2)CCN(C(=O)[O-])CC1. The average molecular weight is 489 g/mol. The summed E-state index contributed by atoms with van der Waals surface area (Å²) < 4.78 is 32.2. The van der Waals surface area contributed by atoms with E-state index in [1.54, 1.807) is 6.20 Å². The normalized spacial score (nSPS) is 21.0. The molecule has 0 aliphatic carbocycles. The number of sulfonamides is 1. The molecule has 0 radical (unpaired) electrons. The van der Waals surface area contributed by atoms with Crippen molar-refractivity contribution in [2.24, 2.45) is 0 Å². The van der Waals surface area contributed by atoms with Crippen LogP contribution in [0.15, 0.2) is 22.8 Å². The highest BCUT2D eigenvalue weighted by molar-refractivity contribution is 9.10. The lowest BCUT2D eigenvalue weighted by molar-refractivity contribution is -0.266. The Morgan fingerprint density at radius 2 is 1.83 bits per heavy atom. The zero-order valence-corrected chi connectivity index (χ0v) is 18.4. The van der Waals surface area contributed by atoms with Gasteiger partial charge in [0.2, 0.25) is 10.0 Å². The lowest BCUT2D eigenvalue weighted by Gasteiger charge is -2.43. The molecule has 3 rings (SSSR count). The lowest BCUT2D eigenvalue weighted by atomic mass is 9.94. The van der Waals surface area contributed by atoms with Gasteiger partial charge in [-0.05, 0) is 53.7 Å². The fourth-order valence-corrected chi connectivity index (χ4v) is 6.48. The van der Waals surface area contributed by atoms with E-state index in [1.807, 2.05) is 12.1 Å². The Hall–Kier alpha value is -1.72. The second kappa shape index (κ2) is 8.57. The Labute approximate surface area is 178 Å². The number of hydrogen-bond donors (Lipinski definition) is 0. The third-order valence-corrected chi connectivity index (χ3v) is 8.92. The van der Waals surface area contributed by atoms with E-state index in [2.05, 4.69) is 20.9 Å². The maximum absolute atomic E-state index is 13.4. The Balaban J connectivity index is 1.76. The number of aromatic nitrogens is 1. The second-order valence-electron chi connectivity index (χ2n) is 7.32. The van der Waals surface area contributed by atoms with Crippen LogP contribution in [0.5, 0.6) is 0 Å². The molecular weight excluding hydrogens is 466 g/mol. The topological polar surface area (TPSA) is 120 Å². The molecule has 11 heteroatoms. The van der Waals surface area contributed by atoms with Gasteiger partial charge >= 0.3 is 5.97 Å². The fraction of sp³-hybridized carbons (Fsp3) is 0.611. The van der Waals surface area contributed by atoms with Gasteiger partial charge in [0, 0.05) is 48.5 Å². The molecule has 3 heterocycles. The molecule has 29 heavy (non-hydrogen) atoms. The summed E-state index contributed by atoms with van der Waals surface area (Å²) in [6, 6.07) is 3.83. The molecule has 2 saturated heterocycles. The molecule has 2 aliphatic rings. The number of hydrogen-bond acceptors (Lipinski definition) is 7. The summed E-state index contributed by atoms with van der Waals surface area (Å²) in [5.41, 5.74) is 0.912. The quantitative estimate of drug-likeness (QED) is 0.572. The molecule has 2 aliphatic heterocycles. The summed E-state index contributed by atoms with van der Waals surface area (Å²) in [4.78, 5) is 29.0. The van der Waals surface area contributed by atoms with Crippen LogP contribution in [0.4, 0.5) is 4.79 Å². The summed E-state index contributed by atoms with van der Waals surface area (Å²) in [5.74, 6) is -0.698. The van der Waals surface area contributed by atoms with E-state index in [1.165, 1.54) is 4.31 Å². The Morgan fingerprint density at radius 3 is 2.31 bits per heavy atom. The monoisotopic (exact) mass is 488 g/mol. The Morgan fingerprint density at radius 1 is 1.21 bits per heavy atom. The number of esters is 1. The van der Waals surface area contributed by atoms with Crippen molar-refractivity contribution < 1.29 is 27.9 Å². The summed E-state index contributed by atoms with van der Waals surface area (Å²) >= 11 is 3.35. The van der Waals surface area contributed by atoms with Crippen LogP contribution in [0.25, 0.3) is 0 Å². The van der Waals surface area contributed by atoms with Gasteiger partial charge in [-0.3, -0.25) is 9.78 Å². The van der Waals surface area contributed by atoms with Crippen LogP contribution >= 0.6 is 15.9 Å². The first kappa shape index (κ1) is 22.0. The number of halogens is 1. The van der Waals surface area contributed by atoms with E-state index in [4.69, 9.17) is 4.74 Å². The molecule has 1 aromatic heterocycles. The molecule has 0 aromatic carbocycles. The summed E-state index contributed by atoms with van der Waals surface area (Å²) in [6.07, 6.45) is 1.24. The molecule has 9 nitrogen and oxygen atoms in total. The zero-order valence-electron chi connectivity index (χ0n) is 16.0. The molecule has 1 aromatic rings. The lowest BCUT2D eigenvalue weighted by Crippen LogP contribution is -2.61. The third-order valence-electron chi connectivity index (χ3n) is 5.84. The number of amides is 1. The number of carboxylic acid groups (broad SMARTS) is 1. The van der Waals surface area contributed by atoms with Crippen LogP contribution in [0.3, 0.4) is 0 Å². The summed E-state index contributed by atoms with van der Waals surface area (Å²) in [7, 11) is -2.88. The summed E-state index contributed by atoms with van der Waals surface area (Å²) in [5, 5.41) is 11.1. The number of nitrogens with zero attached hydrogens (tertiary/aromatic N) is 3. The van der Waals surface area contributed by atoms with Gasteiger partial charge in [0.1, 0.15) is 6.09 Å². The molecule has 0 bridgehead atoms. The number of likely N-dealkylation sites (tertiary alicyclic amines) is 1. The van der Waals surface area contributed by atoms with Gasteiger partial charge in [-0.1, -0.05) is 0 Å². The molecule has 0 unspecified atom stereocenters. The number of rotatable bonds is 4. The standard InChI is InChI=1S/C18H24BrN3O6S/c1-28-16(23)18(6-10-21(11-7-18)17(24)25)29(26,27)22-8-4-13(5-9-22)15-3-2-14(19)12-20-15/h2-3,12-13H,4-11H2,1H3,(H,24,25)/p-1. The smallest absolute Gasteiger partial charge is 0.328 e. The Bertz CT molecular complexity index is 860. The molecular formula is C18H23BrN3O6S-. The van der Waals surface area contributed by atoms with E-state index >= 15 is 0 Å². The van der Waals surface area contributed by atoms with Crippen LogP contribution in [-0.4, -0.2) is 72.7 Å². The first-order valence-electron chi connectivity index (χ1n) is 9.37. The highest BCUT2D eigenvalue weighted by atomic mass is 79.9. The summed E-state index contributed by atoms with van der Waals surface area (Å²) in [6.45, 7) is 0.368. The third kappa shape index (κ3) is 4.13. The second-order valence-corrected chi connectivity index (χ2v) is 10.5. The van der Waals surface area contributed by atoms with Crippen LogP contribution in [0.1, 0.15) is 37.3 Å². The predicted octanol–water partition coefficient (Wildman–Crippen LogP) is 0.704. The van der Waals surface area contributed by atoms with Gasteiger partial charge < -0.3 is 19.5 Å². The van der Waals surface area contributed by atoms with Crippen molar-refractivity contribution in [2.45, 2.75) is 36.3 Å². The molecule has 160 valence electrons. The number of carbonyl (C=O) groups excluding carboxylic acids is 2. The minimum atomic E-state index is -4.03. The first-order valence-corrected chi connectivity index (χ1v) is 11.6. The van der Waals surface area contributed by atoms with Crippen LogP contribution in [0.2, 0.25) is 0 Å². The van der Waals surface area contributed by atoms with Crippen molar-refractivity contribution in [1.29, 1.82) is 0 Å². The zero-order chi connectivity index (χ0) is 21.2. The van der Waals surface area contributed by atoms with Gasteiger partial charge in [-0.25, -0.2) is 12.7 Å². The average Bonchev–Trinajstić information content (AvgIpc) is 2.73. The van der Waals surface area contributed by atoms with Crippen LogP contribution in [0, 0.1) is 0 Å². The van der Waals surface area contributed by atoms with Crippen molar-refractivity contribution in [1.82, 2.24) is 14.2 Å². The number of carbonyl (C=O) groups is 2. The number of piperidine rings is 2.